The zero-order valence-corrected chi connectivity index (χ0v) is 13.9. The maximum atomic E-state index is 12.6. The number of carbonyl (C=O) groups is 1. The summed E-state index contributed by atoms with van der Waals surface area (Å²) in [5, 5.41) is 12.4. The molecular weight excluding hydrogens is 298 g/mol. The second kappa shape index (κ2) is 8.11. The van der Waals surface area contributed by atoms with Crippen molar-refractivity contribution in [2.75, 3.05) is 6.61 Å². The minimum atomic E-state index is 0.0568. The molecule has 1 unspecified atom stereocenters. The maximum absolute atomic E-state index is 12.6. The topological polar surface area (TPSA) is 49.3 Å². The molecule has 1 aliphatic rings. The summed E-state index contributed by atoms with van der Waals surface area (Å²) < 4.78 is 0. The van der Waals surface area contributed by atoms with Crippen molar-refractivity contribution in [1.82, 2.24) is 5.32 Å². The van der Waals surface area contributed by atoms with Gasteiger partial charge in [0, 0.05) is 25.0 Å². The third-order valence-electron chi connectivity index (χ3n) is 4.77. The van der Waals surface area contributed by atoms with E-state index in [4.69, 9.17) is 0 Å². The molecule has 1 amide bonds. The van der Waals surface area contributed by atoms with Crippen LogP contribution < -0.4 is 5.32 Å². The highest BCUT2D eigenvalue weighted by Gasteiger charge is 2.32. The van der Waals surface area contributed by atoms with Gasteiger partial charge in [0.2, 0.25) is 5.91 Å². The smallest absolute Gasteiger partial charge is 0.221 e. The van der Waals surface area contributed by atoms with Crippen LogP contribution in [0.4, 0.5) is 0 Å². The standard InChI is InChI=1S/C21H25NO2/c23-14-13-20(18-11-12-18)22-21(24)15-19(16-7-3-1-4-8-16)17-9-5-2-6-10-17/h1-10,18-20,23H,11-15H2,(H,22,24). The minimum absolute atomic E-state index is 0.0568. The van der Waals surface area contributed by atoms with E-state index in [9.17, 15) is 9.90 Å². The Morgan fingerprint density at radius 2 is 1.54 bits per heavy atom. The predicted octanol–water partition coefficient (Wildman–Crippen LogP) is 3.49. The zero-order chi connectivity index (χ0) is 16.8. The molecule has 1 atom stereocenters. The second-order valence-electron chi connectivity index (χ2n) is 6.60. The van der Waals surface area contributed by atoms with Crippen LogP contribution in [-0.4, -0.2) is 23.7 Å². The van der Waals surface area contributed by atoms with Crippen LogP contribution in [0.5, 0.6) is 0 Å². The summed E-state index contributed by atoms with van der Waals surface area (Å²) in [5.74, 6) is 0.674. The molecule has 0 aliphatic heterocycles. The summed E-state index contributed by atoms with van der Waals surface area (Å²) in [7, 11) is 0. The molecule has 126 valence electrons. The fraction of sp³-hybridized carbons (Fsp3) is 0.381. The fourth-order valence-electron chi connectivity index (χ4n) is 3.31. The number of hydrogen-bond donors (Lipinski definition) is 2. The van der Waals surface area contributed by atoms with Crippen molar-refractivity contribution in [3.63, 3.8) is 0 Å². The van der Waals surface area contributed by atoms with Crippen LogP contribution in [0.15, 0.2) is 60.7 Å². The third-order valence-corrected chi connectivity index (χ3v) is 4.77. The average Bonchev–Trinajstić information content (AvgIpc) is 3.46. The van der Waals surface area contributed by atoms with Crippen molar-refractivity contribution in [3.8, 4) is 0 Å². The molecule has 2 aromatic rings. The predicted molar refractivity (Wildman–Crippen MR) is 95.7 cm³/mol. The molecule has 2 N–H and O–H groups in total. The van der Waals surface area contributed by atoms with E-state index in [0.29, 0.717) is 18.8 Å². The number of amides is 1. The van der Waals surface area contributed by atoms with Crippen molar-refractivity contribution < 1.29 is 9.90 Å². The number of hydrogen-bond acceptors (Lipinski definition) is 2. The Hall–Kier alpha value is -2.13. The molecule has 1 fully saturated rings. The Balaban J connectivity index is 1.73. The highest BCUT2D eigenvalue weighted by molar-refractivity contribution is 5.78. The van der Waals surface area contributed by atoms with E-state index in [1.54, 1.807) is 0 Å². The minimum Gasteiger partial charge on any atom is -0.396 e. The molecule has 0 saturated heterocycles. The van der Waals surface area contributed by atoms with Gasteiger partial charge in [-0.1, -0.05) is 60.7 Å². The van der Waals surface area contributed by atoms with Gasteiger partial charge < -0.3 is 10.4 Å². The number of carbonyl (C=O) groups excluding carboxylic acids is 1. The lowest BCUT2D eigenvalue weighted by Crippen LogP contribution is -2.37. The lowest BCUT2D eigenvalue weighted by Gasteiger charge is -2.21. The molecule has 0 spiro atoms. The molecule has 3 rings (SSSR count). The number of rotatable bonds is 8. The molecule has 2 aromatic carbocycles. The third kappa shape index (κ3) is 4.45. The average molecular weight is 323 g/mol. The maximum Gasteiger partial charge on any atom is 0.221 e. The van der Waals surface area contributed by atoms with Gasteiger partial charge in [-0.2, -0.15) is 0 Å². The van der Waals surface area contributed by atoms with Gasteiger partial charge in [0.15, 0.2) is 0 Å². The fourth-order valence-corrected chi connectivity index (χ4v) is 3.31. The Kier molecular flexibility index (Phi) is 5.65. The lowest BCUT2D eigenvalue weighted by molar-refractivity contribution is -0.122. The van der Waals surface area contributed by atoms with E-state index >= 15 is 0 Å². The molecule has 1 aliphatic carbocycles. The van der Waals surface area contributed by atoms with Crippen molar-refractivity contribution in [2.45, 2.75) is 37.6 Å². The van der Waals surface area contributed by atoms with E-state index in [2.05, 4.69) is 29.6 Å². The molecule has 0 radical (unpaired) electrons. The monoisotopic (exact) mass is 323 g/mol. The molecule has 3 heteroatoms. The van der Waals surface area contributed by atoms with Crippen molar-refractivity contribution in [3.05, 3.63) is 71.8 Å². The first-order chi connectivity index (χ1) is 11.8. The Bertz CT molecular complexity index is 598. The van der Waals surface area contributed by atoms with E-state index in [1.165, 1.54) is 0 Å². The Morgan fingerprint density at radius 1 is 1.00 bits per heavy atom. The van der Waals surface area contributed by atoms with Crippen LogP contribution in [0, 0.1) is 5.92 Å². The zero-order valence-electron chi connectivity index (χ0n) is 13.9. The number of benzene rings is 2. The molecule has 0 heterocycles. The van der Waals surface area contributed by atoms with Crippen LogP contribution in [-0.2, 0) is 4.79 Å². The van der Waals surface area contributed by atoms with E-state index in [1.807, 2.05) is 36.4 Å². The first-order valence-corrected chi connectivity index (χ1v) is 8.78. The quantitative estimate of drug-likeness (QED) is 0.781. The highest BCUT2D eigenvalue weighted by atomic mass is 16.3. The summed E-state index contributed by atoms with van der Waals surface area (Å²) in [6, 6.07) is 20.5. The normalized spacial score (nSPS) is 15.2. The van der Waals surface area contributed by atoms with Gasteiger partial charge in [0.25, 0.3) is 0 Å². The summed E-state index contributed by atoms with van der Waals surface area (Å²) in [5.41, 5.74) is 2.31. The van der Waals surface area contributed by atoms with Gasteiger partial charge in [0.05, 0.1) is 0 Å². The lowest BCUT2D eigenvalue weighted by atomic mass is 9.88. The van der Waals surface area contributed by atoms with Gasteiger partial charge >= 0.3 is 0 Å². The number of aliphatic hydroxyl groups is 1. The second-order valence-corrected chi connectivity index (χ2v) is 6.60. The summed E-state index contributed by atoms with van der Waals surface area (Å²) in [6.45, 7) is 0.127. The largest absolute Gasteiger partial charge is 0.396 e. The number of nitrogens with one attached hydrogen (secondary N) is 1. The molecule has 3 nitrogen and oxygen atoms in total. The summed E-state index contributed by atoms with van der Waals surface area (Å²) in [4.78, 5) is 12.6. The van der Waals surface area contributed by atoms with E-state index in [0.717, 1.165) is 24.0 Å². The molecular formula is C21H25NO2. The van der Waals surface area contributed by atoms with Crippen LogP contribution in [0.2, 0.25) is 0 Å². The summed E-state index contributed by atoms with van der Waals surface area (Å²) >= 11 is 0. The van der Waals surface area contributed by atoms with Crippen molar-refractivity contribution in [2.24, 2.45) is 5.92 Å². The van der Waals surface area contributed by atoms with E-state index < -0.39 is 0 Å². The molecule has 1 saturated carbocycles. The van der Waals surface area contributed by atoms with Gasteiger partial charge in [-0.25, -0.2) is 0 Å². The Labute approximate surface area is 143 Å². The van der Waals surface area contributed by atoms with E-state index in [-0.39, 0.29) is 24.5 Å². The van der Waals surface area contributed by atoms with Gasteiger partial charge in [-0.05, 0) is 36.3 Å². The van der Waals surface area contributed by atoms with Gasteiger partial charge in [-0.3, -0.25) is 4.79 Å². The van der Waals surface area contributed by atoms with Crippen molar-refractivity contribution >= 4 is 5.91 Å². The van der Waals surface area contributed by atoms with Crippen LogP contribution in [0.25, 0.3) is 0 Å². The first-order valence-electron chi connectivity index (χ1n) is 8.78. The van der Waals surface area contributed by atoms with Gasteiger partial charge in [0.1, 0.15) is 0 Å². The first kappa shape index (κ1) is 16.7. The van der Waals surface area contributed by atoms with Crippen LogP contribution in [0.1, 0.15) is 42.7 Å². The SMILES string of the molecule is O=C(CC(c1ccccc1)c1ccccc1)NC(CCO)C1CC1. The van der Waals surface area contributed by atoms with Crippen LogP contribution in [0.3, 0.4) is 0 Å². The number of aliphatic hydroxyl groups excluding tert-OH is 1. The molecule has 24 heavy (non-hydrogen) atoms. The molecule has 0 bridgehead atoms. The van der Waals surface area contributed by atoms with Crippen molar-refractivity contribution in [1.29, 1.82) is 0 Å². The van der Waals surface area contributed by atoms with Gasteiger partial charge in [-0.15, -0.1) is 0 Å². The molecule has 0 aromatic heterocycles. The Morgan fingerprint density at radius 3 is 2.00 bits per heavy atom. The summed E-state index contributed by atoms with van der Waals surface area (Å²) in [6.07, 6.45) is 3.40. The van der Waals surface area contributed by atoms with Crippen LogP contribution >= 0.6 is 0 Å². The highest BCUT2D eigenvalue weighted by Crippen LogP contribution is 2.34.